The van der Waals surface area contributed by atoms with Crippen molar-refractivity contribution in [3.63, 3.8) is 0 Å². The molecule has 2 aromatic rings. The van der Waals surface area contributed by atoms with Gasteiger partial charge in [0.25, 0.3) is 0 Å². The van der Waals surface area contributed by atoms with Gasteiger partial charge in [0.2, 0.25) is 0 Å². The van der Waals surface area contributed by atoms with Gasteiger partial charge in [-0.05, 0) is 26.0 Å². The number of hydrogen-bond acceptors (Lipinski definition) is 6. The zero-order valence-electron chi connectivity index (χ0n) is 12.6. The summed E-state index contributed by atoms with van der Waals surface area (Å²) in [6.45, 7) is 4.68. The second-order valence-corrected chi connectivity index (χ2v) is 7.74. The lowest BCUT2D eigenvalue weighted by molar-refractivity contribution is -0.383. The van der Waals surface area contributed by atoms with Crippen LogP contribution >= 0.6 is 23.1 Å². The predicted octanol–water partition coefficient (Wildman–Crippen LogP) is 3.52. The van der Waals surface area contributed by atoms with Crippen LogP contribution in [0.3, 0.4) is 0 Å². The van der Waals surface area contributed by atoms with E-state index in [2.05, 4.69) is 22.4 Å². The molecule has 8 heteroatoms. The molecule has 2 heterocycles. The van der Waals surface area contributed by atoms with E-state index < -0.39 is 4.92 Å². The lowest BCUT2D eigenvalue weighted by Gasteiger charge is -2.15. The van der Waals surface area contributed by atoms with Crippen molar-refractivity contribution in [2.24, 2.45) is 5.73 Å². The molecule has 0 saturated carbocycles. The molecule has 6 nitrogen and oxygen atoms in total. The summed E-state index contributed by atoms with van der Waals surface area (Å²) in [5.41, 5.74) is 5.87. The highest BCUT2D eigenvalue weighted by Crippen LogP contribution is 2.28. The van der Waals surface area contributed by atoms with Gasteiger partial charge in [0, 0.05) is 45.6 Å². The molecule has 0 aliphatic heterocycles. The molecule has 0 aliphatic carbocycles. The van der Waals surface area contributed by atoms with Crippen LogP contribution in [0.25, 0.3) is 0 Å². The number of H-pyrrole nitrogens is 1. The van der Waals surface area contributed by atoms with Crippen molar-refractivity contribution in [1.82, 2.24) is 4.98 Å². The van der Waals surface area contributed by atoms with Gasteiger partial charge in [-0.2, -0.15) is 11.8 Å². The van der Waals surface area contributed by atoms with Crippen molar-refractivity contribution in [1.29, 1.82) is 0 Å². The minimum absolute atomic E-state index is 0.0816. The summed E-state index contributed by atoms with van der Waals surface area (Å²) in [5.74, 6) is 2.26. The molecule has 0 spiro atoms. The van der Waals surface area contributed by atoms with Crippen LogP contribution in [0.4, 0.5) is 11.5 Å². The molecule has 120 valence electrons. The molecule has 0 aromatic carbocycles. The summed E-state index contributed by atoms with van der Waals surface area (Å²) in [6, 6.07) is 5.66. The first kappa shape index (κ1) is 16.9. The maximum Gasteiger partial charge on any atom is 0.310 e. The molecule has 0 atom stereocenters. The summed E-state index contributed by atoms with van der Waals surface area (Å²) in [4.78, 5) is 15.7. The summed E-state index contributed by atoms with van der Waals surface area (Å²) < 4.78 is 0. The summed E-state index contributed by atoms with van der Waals surface area (Å²) in [7, 11) is 0. The Morgan fingerprint density at radius 1 is 1.45 bits per heavy atom. The van der Waals surface area contributed by atoms with Crippen LogP contribution in [-0.2, 0) is 11.3 Å². The van der Waals surface area contributed by atoms with Gasteiger partial charge >= 0.3 is 5.69 Å². The Morgan fingerprint density at radius 2 is 2.23 bits per heavy atom. The maximum atomic E-state index is 10.8. The van der Waals surface area contributed by atoms with Gasteiger partial charge in [0.15, 0.2) is 5.82 Å². The Labute approximate surface area is 137 Å². The second kappa shape index (κ2) is 7.17. The highest BCUT2D eigenvalue weighted by atomic mass is 32.2. The molecule has 0 fully saturated rings. The molecule has 22 heavy (non-hydrogen) atoms. The summed E-state index contributed by atoms with van der Waals surface area (Å²) in [6.07, 6.45) is 1.56. The molecule has 0 amide bonds. The van der Waals surface area contributed by atoms with E-state index in [1.54, 1.807) is 29.3 Å². The van der Waals surface area contributed by atoms with E-state index in [9.17, 15) is 10.1 Å². The second-order valence-electron chi connectivity index (χ2n) is 5.46. The van der Waals surface area contributed by atoms with Crippen molar-refractivity contribution in [2.45, 2.75) is 25.1 Å². The van der Waals surface area contributed by atoms with Gasteiger partial charge in [0.05, 0.1) is 4.92 Å². The lowest BCUT2D eigenvalue weighted by atomic mass is 10.1. The normalized spacial score (nSPS) is 11.6. The average molecular weight is 340 g/mol. The summed E-state index contributed by atoms with van der Waals surface area (Å²) >= 11 is 3.53. The standard InChI is InChI=1S/C14H20N4O2S2/c1-14(2,15)12-4-3-10(22-12)9-21-8-7-17-13-11(18(19)20)5-6-16-13/h3-6,16-17H,7-9,15H2,1-2H3. The molecule has 0 radical (unpaired) electrons. The van der Waals surface area contributed by atoms with Crippen LogP contribution in [0.15, 0.2) is 24.4 Å². The van der Waals surface area contributed by atoms with Gasteiger partial charge in [-0.15, -0.1) is 11.3 Å². The molecule has 0 aliphatic rings. The zero-order valence-corrected chi connectivity index (χ0v) is 14.2. The number of nitrogens with two attached hydrogens (primary N) is 1. The molecular formula is C14H20N4O2S2. The molecule has 0 bridgehead atoms. The lowest BCUT2D eigenvalue weighted by Crippen LogP contribution is -2.27. The van der Waals surface area contributed by atoms with Crippen LogP contribution < -0.4 is 11.1 Å². The Bertz CT molecular complexity index is 631. The number of aromatic nitrogens is 1. The van der Waals surface area contributed by atoms with Crippen LogP contribution in [0.1, 0.15) is 23.6 Å². The van der Waals surface area contributed by atoms with Gasteiger partial charge < -0.3 is 16.0 Å². The third-order valence-corrected chi connectivity index (χ3v) is 5.63. The fourth-order valence-electron chi connectivity index (χ4n) is 1.88. The van der Waals surface area contributed by atoms with E-state index in [1.807, 2.05) is 13.8 Å². The predicted molar refractivity (Wildman–Crippen MR) is 93.6 cm³/mol. The first-order valence-corrected chi connectivity index (χ1v) is 8.86. The number of anilines is 1. The van der Waals surface area contributed by atoms with Crippen LogP contribution in [0, 0.1) is 10.1 Å². The number of thiophene rings is 1. The number of thioether (sulfide) groups is 1. The van der Waals surface area contributed by atoms with E-state index >= 15 is 0 Å². The molecule has 4 N–H and O–H groups in total. The summed E-state index contributed by atoms with van der Waals surface area (Å²) in [5, 5.41) is 13.8. The van der Waals surface area contributed by atoms with Crippen molar-refractivity contribution < 1.29 is 4.92 Å². The van der Waals surface area contributed by atoms with E-state index in [-0.39, 0.29) is 11.2 Å². The Morgan fingerprint density at radius 3 is 2.86 bits per heavy atom. The fraction of sp³-hybridized carbons (Fsp3) is 0.429. The van der Waals surface area contributed by atoms with E-state index in [0.29, 0.717) is 12.4 Å². The quantitative estimate of drug-likeness (QED) is 0.388. The molecule has 0 saturated heterocycles. The van der Waals surface area contributed by atoms with Gasteiger partial charge in [0.1, 0.15) is 0 Å². The van der Waals surface area contributed by atoms with Crippen LogP contribution in [0.2, 0.25) is 0 Å². The monoisotopic (exact) mass is 340 g/mol. The smallest absolute Gasteiger partial charge is 0.310 e. The Hall–Kier alpha value is -1.51. The Balaban J connectivity index is 1.72. The van der Waals surface area contributed by atoms with E-state index in [1.165, 1.54) is 15.8 Å². The van der Waals surface area contributed by atoms with Crippen molar-refractivity contribution >= 4 is 34.6 Å². The number of nitrogens with zero attached hydrogens (tertiary/aromatic N) is 1. The Kier molecular flexibility index (Phi) is 5.49. The zero-order chi connectivity index (χ0) is 16.2. The third-order valence-electron chi connectivity index (χ3n) is 3.01. The fourth-order valence-corrected chi connectivity index (χ4v) is 3.87. The minimum Gasteiger partial charge on any atom is -0.365 e. The third kappa shape index (κ3) is 4.49. The van der Waals surface area contributed by atoms with Crippen LogP contribution in [0.5, 0.6) is 0 Å². The number of rotatable bonds is 8. The van der Waals surface area contributed by atoms with Crippen LogP contribution in [-0.4, -0.2) is 22.2 Å². The molecule has 2 aromatic heterocycles. The first-order valence-electron chi connectivity index (χ1n) is 6.89. The van der Waals surface area contributed by atoms with Gasteiger partial charge in [-0.25, -0.2) is 0 Å². The van der Waals surface area contributed by atoms with E-state index in [4.69, 9.17) is 5.73 Å². The van der Waals surface area contributed by atoms with Crippen molar-refractivity contribution in [3.05, 3.63) is 44.3 Å². The largest absolute Gasteiger partial charge is 0.365 e. The number of nitrogens with one attached hydrogen (secondary N) is 2. The van der Waals surface area contributed by atoms with Gasteiger partial charge in [-0.3, -0.25) is 10.1 Å². The number of nitro groups is 1. The average Bonchev–Trinajstić information content (AvgIpc) is 3.05. The van der Waals surface area contributed by atoms with Crippen molar-refractivity contribution in [3.8, 4) is 0 Å². The SMILES string of the molecule is CC(C)(N)c1ccc(CSCCNc2[nH]ccc2[N+](=O)[O-])s1. The molecule has 2 rings (SSSR count). The number of hydrogen-bond donors (Lipinski definition) is 3. The topological polar surface area (TPSA) is 97.0 Å². The van der Waals surface area contributed by atoms with E-state index in [0.717, 1.165) is 11.5 Å². The minimum atomic E-state index is -0.395. The number of aromatic amines is 1. The van der Waals surface area contributed by atoms with Gasteiger partial charge in [-0.1, -0.05) is 0 Å². The van der Waals surface area contributed by atoms with Crippen molar-refractivity contribution in [2.75, 3.05) is 17.6 Å². The molecular weight excluding hydrogens is 320 g/mol. The highest BCUT2D eigenvalue weighted by molar-refractivity contribution is 7.98. The maximum absolute atomic E-state index is 10.8. The highest BCUT2D eigenvalue weighted by Gasteiger charge is 2.16. The first-order chi connectivity index (χ1) is 10.4. The molecule has 0 unspecified atom stereocenters.